The molecule has 5 nitrogen and oxygen atoms in total. The van der Waals surface area contributed by atoms with Gasteiger partial charge in [-0.2, -0.15) is 0 Å². The van der Waals surface area contributed by atoms with Crippen LogP contribution in [0.15, 0.2) is 30.3 Å². The Morgan fingerprint density at radius 3 is 2.31 bits per heavy atom. The molecule has 6 heteroatoms. The van der Waals surface area contributed by atoms with E-state index in [1.165, 1.54) is 0 Å². The molecular weight excluding hydrogens is 192 g/mol. The summed E-state index contributed by atoms with van der Waals surface area (Å²) in [5.74, 6) is 0. The van der Waals surface area contributed by atoms with Crippen LogP contribution < -0.4 is 10.0 Å². The summed E-state index contributed by atoms with van der Waals surface area (Å²) >= 11 is 0. The maximum Gasteiger partial charge on any atom is 0.332 e. The zero-order valence-corrected chi connectivity index (χ0v) is 7.45. The number of rotatable bonds is 2. The molecule has 13 heavy (non-hydrogen) atoms. The lowest BCUT2D eigenvalue weighted by molar-refractivity contribution is 0.257. The van der Waals surface area contributed by atoms with Crippen LogP contribution in [-0.2, 0) is 10.9 Å². The van der Waals surface area contributed by atoms with E-state index in [2.05, 4.69) is 5.32 Å². The van der Waals surface area contributed by atoms with Gasteiger partial charge < -0.3 is 5.32 Å². The maximum atomic E-state index is 10.8. The molecule has 1 aromatic carbocycles. The standard InChI is InChI=1S/C7H8N2O3S/c10-7(9-13(11)12)8-6-4-2-1-3-5-6/h1-5,13H,(H2,8,9,10,11,12). The van der Waals surface area contributed by atoms with Crippen LogP contribution >= 0.6 is 0 Å². The van der Waals surface area contributed by atoms with Gasteiger partial charge in [-0.3, -0.25) is 0 Å². The first kappa shape index (κ1) is 9.53. The van der Waals surface area contributed by atoms with Crippen molar-refractivity contribution < 1.29 is 13.2 Å². The molecule has 70 valence electrons. The fourth-order valence-corrected chi connectivity index (χ4v) is 0.985. The Hall–Kier alpha value is -1.56. The minimum atomic E-state index is -2.90. The van der Waals surface area contributed by atoms with Gasteiger partial charge in [0.15, 0.2) is 0 Å². The first-order valence-corrected chi connectivity index (χ1v) is 4.63. The zero-order valence-electron chi connectivity index (χ0n) is 6.56. The highest BCUT2D eigenvalue weighted by Gasteiger charge is 1.99. The first-order chi connectivity index (χ1) is 6.18. The van der Waals surface area contributed by atoms with E-state index < -0.39 is 16.9 Å². The molecule has 0 aromatic heterocycles. The lowest BCUT2D eigenvalue weighted by Crippen LogP contribution is -2.26. The molecule has 0 fully saturated rings. The van der Waals surface area contributed by atoms with E-state index in [4.69, 9.17) is 0 Å². The van der Waals surface area contributed by atoms with E-state index >= 15 is 0 Å². The monoisotopic (exact) mass is 200 g/mol. The lowest BCUT2D eigenvalue weighted by Gasteiger charge is -2.01. The average Bonchev–Trinajstić information content (AvgIpc) is 2.04. The molecule has 0 saturated heterocycles. The Labute approximate surface area is 76.9 Å². The number of urea groups is 1. The highest BCUT2D eigenvalue weighted by atomic mass is 32.2. The molecule has 1 aromatic rings. The van der Waals surface area contributed by atoms with Gasteiger partial charge in [0.2, 0.25) is 10.9 Å². The van der Waals surface area contributed by atoms with Gasteiger partial charge in [-0.05, 0) is 12.1 Å². The van der Waals surface area contributed by atoms with Crippen molar-refractivity contribution in [2.75, 3.05) is 5.32 Å². The minimum Gasteiger partial charge on any atom is -0.307 e. The third-order valence-corrected chi connectivity index (χ3v) is 1.61. The smallest absolute Gasteiger partial charge is 0.307 e. The number of hydrogen-bond acceptors (Lipinski definition) is 3. The van der Waals surface area contributed by atoms with Crippen molar-refractivity contribution in [1.82, 2.24) is 4.72 Å². The summed E-state index contributed by atoms with van der Waals surface area (Å²) in [6.45, 7) is 0. The molecule has 0 aliphatic rings. The van der Waals surface area contributed by atoms with Crippen LogP contribution in [0.5, 0.6) is 0 Å². The van der Waals surface area contributed by atoms with Gasteiger partial charge in [-0.25, -0.2) is 17.9 Å². The number of para-hydroxylation sites is 1. The van der Waals surface area contributed by atoms with Gasteiger partial charge in [-0.15, -0.1) is 0 Å². The van der Waals surface area contributed by atoms with Crippen LogP contribution in [0.3, 0.4) is 0 Å². The summed E-state index contributed by atoms with van der Waals surface area (Å²) < 4.78 is 21.8. The second kappa shape index (κ2) is 4.46. The zero-order chi connectivity index (χ0) is 9.68. The van der Waals surface area contributed by atoms with Crippen LogP contribution in [-0.4, -0.2) is 14.4 Å². The molecule has 0 spiro atoms. The SMILES string of the molecule is O=C(Nc1ccccc1)N[SH](=O)=O. The Kier molecular flexibility index (Phi) is 3.27. The van der Waals surface area contributed by atoms with Crippen LogP contribution in [0.25, 0.3) is 0 Å². The van der Waals surface area contributed by atoms with Crippen molar-refractivity contribution in [2.45, 2.75) is 0 Å². The highest BCUT2D eigenvalue weighted by molar-refractivity contribution is 7.71. The number of hydrogen-bond donors (Lipinski definition) is 3. The molecule has 0 unspecified atom stereocenters. The predicted octanol–water partition coefficient (Wildman–Crippen LogP) is 0.335. The third kappa shape index (κ3) is 3.57. The maximum absolute atomic E-state index is 10.8. The van der Waals surface area contributed by atoms with Crippen molar-refractivity contribution in [3.05, 3.63) is 30.3 Å². The number of nitrogens with one attached hydrogen (secondary N) is 2. The fourth-order valence-electron chi connectivity index (χ4n) is 0.763. The van der Waals surface area contributed by atoms with Crippen LogP contribution in [0.4, 0.5) is 10.5 Å². The van der Waals surface area contributed by atoms with Gasteiger partial charge >= 0.3 is 6.03 Å². The van der Waals surface area contributed by atoms with E-state index in [1.54, 1.807) is 35.1 Å². The average molecular weight is 200 g/mol. The van der Waals surface area contributed by atoms with Gasteiger partial charge in [-0.1, -0.05) is 18.2 Å². The molecule has 0 aliphatic carbocycles. The Morgan fingerprint density at radius 2 is 1.77 bits per heavy atom. The molecule has 0 bridgehead atoms. The summed E-state index contributed by atoms with van der Waals surface area (Å²) in [7, 11) is -2.90. The molecule has 0 atom stereocenters. The summed E-state index contributed by atoms with van der Waals surface area (Å²) in [6.07, 6.45) is 0. The quantitative estimate of drug-likeness (QED) is 0.602. The van der Waals surface area contributed by atoms with E-state index in [0.29, 0.717) is 5.69 Å². The summed E-state index contributed by atoms with van der Waals surface area (Å²) in [5, 5.41) is 2.34. The van der Waals surface area contributed by atoms with Crippen molar-refractivity contribution in [1.29, 1.82) is 0 Å². The number of benzene rings is 1. The van der Waals surface area contributed by atoms with Crippen LogP contribution in [0.1, 0.15) is 0 Å². The normalized spacial score (nSPS) is 9.62. The van der Waals surface area contributed by atoms with Crippen LogP contribution in [0, 0.1) is 0 Å². The van der Waals surface area contributed by atoms with Crippen molar-refractivity contribution in [2.24, 2.45) is 0 Å². The second-order valence-corrected chi connectivity index (χ2v) is 2.93. The molecule has 1 rings (SSSR count). The van der Waals surface area contributed by atoms with Crippen molar-refractivity contribution >= 4 is 22.6 Å². The van der Waals surface area contributed by atoms with Crippen molar-refractivity contribution in [3.8, 4) is 0 Å². The molecule has 0 aliphatic heterocycles. The van der Waals surface area contributed by atoms with Crippen molar-refractivity contribution in [3.63, 3.8) is 0 Å². The summed E-state index contributed by atoms with van der Waals surface area (Å²) in [5.41, 5.74) is 0.539. The van der Waals surface area contributed by atoms with Gasteiger partial charge in [0.1, 0.15) is 0 Å². The Bertz CT molecular complexity index is 353. The van der Waals surface area contributed by atoms with Gasteiger partial charge in [0, 0.05) is 5.69 Å². The Morgan fingerprint density at radius 1 is 1.15 bits per heavy atom. The number of thiol groups is 1. The molecule has 2 N–H and O–H groups in total. The molecule has 2 amide bonds. The number of carbonyl (C=O) groups is 1. The fraction of sp³-hybridized carbons (Fsp3) is 0. The number of anilines is 1. The molecule has 0 heterocycles. The number of carbonyl (C=O) groups excluding carboxylic acids is 1. The largest absolute Gasteiger partial charge is 0.332 e. The summed E-state index contributed by atoms with van der Waals surface area (Å²) in [6, 6.07) is 7.79. The number of amides is 2. The van der Waals surface area contributed by atoms with E-state index in [0.717, 1.165) is 0 Å². The summed E-state index contributed by atoms with van der Waals surface area (Å²) in [4.78, 5) is 10.8. The van der Waals surface area contributed by atoms with E-state index in [1.807, 2.05) is 0 Å². The van der Waals surface area contributed by atoms with E-state index in [9.17, 15) is 13.2 Å². The lowest BCUT2D eigenvalue weighted by atomic mass is 10.3. The molecular formula is C7H8N2O3S. The van der Waals surface area contributed by atoms with Crippen LogP contribution in [0.2, 0.25) is 0 Å². The van der Waals surface area contributed by atoms with Gasteiger partial charge in [0.05, 0.1) is 0 Å². The Balaban J connectivity index is 2.55. The third-order valence-electron chi connectivity index (χ3n) is 1.22. The first-order valence-electron chi connectivity index (χ1n) is 3.45. The molecule has 0 saturated carbocycles. The van der Waals surface area contributed by atoms with E-state index in [-0.39, 0.29) is 0 Å². The highest BCUT2D eigenvalue weighted by Crippen LogP contribution is 2.03. The molecule has 0 radical (unpaired) electrons. The predicted molar refractivity (Wildman–Crippen MR) is 48.9 cm³/mol. The second-order valence-electron chi connectivity index (χ2n) is 2.19. The minimum absolute atomic E-state index is 0.539. The topological polar surface area (TPSA) is 75.3 Å². The van der Waals surface area contributed by atoms with Gasteiger partial charge in [0.25, 0.3) is 0 Å².